The van der Waals surface area contributed by atoms with Crippen molar-refractivity contribution in [2.75, 3.05) is 25.4 Å². The van der Waals surface area contributed by atoms with Gasteiger partial charge >= 0.3 is 0 Å². The molecular formula is C15H20N4S. The first-order valence-corrected chi connectivity index (χ1v) is 7.75. The molecule has 2 heterocycles. The van der Waals surface area contributed by atoms with E-state index in [9.17, 15) is 0 Å². The van der Waals surface area contributed by atoms with Crippen molar-refractivity contribution in [1.29, 1.82) is 0 Å². The first-order chi connectivity index (χ1) is 9.76. The van der Waals surface area contributed by atoms with Crippen LogP contribution in [0, 0.1) is 5.92 Å². The molecule has 3 rings (SSSR count). The Hall–Kier alpha value is -1.43. The highest BCUT2D eigenvalue weighted by molar-refractivity contribution is 7.15. The Morgan fingerprint density at radius 3 is 2.70 bits per heavy atom. The quantitative estimate of drug-likeness (QED) is 0.901. The second-order valence-electron chi connectivity index (χ2n) is 5.37. The highest BCUT2D eigenvalue weighted by atomic mass is 32.1. The molecule has 20 heavy (non-hydrogen) atoms. The molecule has 4 N–H and O–H groups in total. The van der Waals surface area contributed by atoms with Gasteiger partial charge < -0.3 is 11.5 Å². The van der Waals surface area contributed by atoms with Gasteiger partial charge in [-0.1, -0.05) is 30.3 Å². The number of hydrogen-bond acceptors (Lipinski definition) is 5. The van der Waals surface area contributed by atoms with E-state index < -0.39 is 0 Å². The molecule has 2 atom stereocenters. The van der Waals surface area contributed by atoms with E-state index >= 15 is 0 Å². The Balaban J connectivity index is 1.71. The molecule has 106 valence electrons. The highest BCUT2D eigenvalue weighted by Crippen LogP contribution is 2.33. The molecule has 2 aromatic rings. The smallest absolute Gasteiger partial charge is 0.180 e. The summed E-state index contributed by atoms with van der Waals surface area (Å²) in [7, 11) is 0. The molecule has 0 aliphatic carbocycles. The van der Waals surface area contributed by atoms with E-state index in [4.69, 9.17) is 11.5 Å². The summed E-state index contributed by atoms with van der Waals surface area (Å²) in [6, 6.07) is 10.7. The zero-order chi connectivity index (χ0) is 13.9. The van der Waals surface area contributed by atoms with Gasteiger partial charge in [-0.2, -0.15) is 0 Å². The minimum absolute atomic E-state index is 0.530. The van der Waals surface area contributed by atoms with Gasteiger partial charge in [0.05, 0.1) is 0 Å². The topological polar surface area (TPSA) is 68.2 Å². The number of anilines is 1. The van der Waals surface area contributed by atoms with Crippen LogP contribution in [-0.2, 0) is 6.54 Å². The molecule has 0 spiro atoms. The third-order valence-corrected chi connectivity index (χ3v) is 4.81. The molecule has 0 bridgehead atoms. The Morgan fingerprint density at radius 1 is 1.25 bits per heavy atom. The average Bonchev–Trinajstić information content (AvgIpc) is 3.06. The van der Waals surface area contributed by atoms with E-state index in [1.54, 1.807) is 11.3 Å². The Morgan fingerprint density at radius 2 is 2.05 bits per heavy atom. The van der Waals surface area contributed by atoms with E-state index in [1.165, 1.54) is 10.4 Å². The van der Waals surface area contributed by atoms with Crippen LogP contribution in [0.15, 0.2) is 36.5 Å². The van der Waals surface area contributed by atoms with E-state index in [2.05, 4.69) is 40.2 Å². The lowest BCUT2D eigenvalue weighted by atomic mass is 9.89. The van der Waals surface area contributed by atoms with Crippen LogP contribution >= 0.6 is 11.3 Å². The summed E-state index contributed by atoms with van der Waals surface area (Å²) >= 11 is 1.57. The second-order valence-corrected chi connectivity index (χ2v) is 6.52. The lowest BCUT2D eigenvalue weighted by Gasteiger charge is -2.16. The van der Waals surface area contributed by atoms with Crippen molar-refractivity contribution in [2.24, 2.45) is 11.7 Å². The van der Waals surface area contributed by atoms with E-state index in [0.717, 1.165) is 26.2 Å². The number of nitrogens with zero attached hydrogens (tertiary/aromatic N) is 2. The molecule has 0 saturated carbocycles. The summed E-state index contributed by atoms with van der Waals surface area (Å²) in [6.45, 7) is 3.77. The van der Waals surface area contributed by atoms with Crippen molar-refractivity contribution >= 4 is 16.5 Å². The number of likely N-dealkylation sites (tertiary alicyclic amines) is 1. The van der Waals surface area contributed by atoms with Crippen LogP contribution in [-0.4, -0.2) is 29.5 Å². The lowest BCUT2D eigenvalue weighted by molar-refractivity contribution is 0.319. The maximum atomic E-state index is 5.96. The minimum Gasteiger partial charge on any atom is -0.375 e. The lowest BCUT2D eigenvalue weighted by Crippen LogP contribution is -2.22. The summed E-state index contributed by atoms with van der Waals surface area (Å²) in [6.07, 6.45) is 1.88. The fourth-order valence-electron chi connectivity index (χ4n) is 3.02. The molecule has 4 nitrogen and oxygen atoms in total. The molecule has 5 heteroatoms. The highest BCUT2D eigenvalue weighted by Gasteiger charge is 2.32. The van der Waals surface area contributed by atoms with Crippen molar-refractivity contribution in [2.45, 2.75) is 12.5 Å². The third-order valence-electron chi connectivity index (χ3n) is 4.00. The predicted octanol–water partition coefficient (Wildman–Crippen LogP) is 1.90. The fourth-order valence-corrected chi connectivity index (χ4v) is 3.75. The number of hydrogen-bond donors (Lipinski definition) is 2. The summed E-state index contributed by atoms with van der Waals surface area (Å²) < 4.78 is 0. The van der Waals surface area contributed by atoms with Gasteiger partial charge in [0, 0.05) is 36.6 Å². The van der Waals surface area contributed by atoms with Gasteiger partial charge in [0.2, 0.25) is 0 Å². The van der Waals surface area contributed by atoms with E-state index in [1.807, 2.05) is 6.20 Å². The third kappa shape index (κ3) is 2.85. The Labute approximate surface area is 123 Å². The summed E-state index contributed by atoms with van der Waals surface area (Å²) in [5, 5.41) is 0.647. The summed E-state index contributed by atoms with van der Waals surface area (Å²) in [5.41, 5.74) is 13.1. The Kier molecular flexibility index (Phi) is 4.00. The molecule has 0 amide bonds. The predicted molar refractivity (Wildman–Crippen MR) is 83.5 cm³/mol. The molecule has 1 aliphatic heterocycles. The van der Waals surface area contributed by atoms with Crippen LogP contribution in [0.4, 0.5) is 5.13 Å². The molecule has 1 saturated heterocycles. The maximum Gasteiger partial charge on any atom is 0.180 e. The number of rotatable bonds is 4. The van der Waals surface area contributed by atoms with Crippen molar-refractivity contribution in [3.63, 3.8) is 0 Å². The largest absolute Gasteiger partial charge is 0.375 e. The van der Waals surface area contributed by atoms with Crippen molar-refractivity contribution in [3.8, 4) is 0 Å². The SMILES string of the molecule is NC[C@@H]1CN(Cc2cnc(N)s2)C[C@H]1c1ccccc1. The number of thiazole rings is 1. The minimum atomic E-state index is 0.530. The molecule has 1 aromatic heterocycles. The number of aromatic nitrogens is 1. The summed E-state index contributed by atoms with van der Waals surface area (Å²) in [5.74, 6) is 1.06. The van der Waals surface area contributed by atoms with Crippen LogP contribution < -0.4 is 11.5 Å². The Bertz CT molecular complexity index is 554. The average molecular weight is 288 g/mol. The molecule has 1 aromatic carbocycles. The number of nitrogen functional groups attached to an aromatic ring is 1. The van der Waals surface area contributed by atoms with Crippen molar-refractivity contribution < 1.29 is 0 Å². The molecule has 1 fully saturated rings. The summed E-state index contributed by atoms with van der Waals surface area (Å²) in [4.78, 5) is 7.81. The second kappa shape index (κ2) is 5.91. The first-order valence-electron chi connectivity index (χ1n) is 6.94. The number of benzene rings is 1. The van der Waals surface area contributed by atoms with Crippen molar-refractivity contribution in [1.82, 2.24) is 9.88 Å². The fraction of sp³-hybridized carbons (Fsp3) is 0.400. The van der Waals surface area contributed by atoms with Gasteiger partial charge in [-0.15, -0.1) is 11.3 Å². The molecular weight excluding hydrogens is 268 g/mol. The van der Waals surface area contributed by atoms with Crippen LogP contribution in [0.3, 0.4) is 0 Å². The number of nitrogens with two attached hydrogens (primary N) is 2. The van der Waals surface area contributed by atoms with Gasteiger partial charge in [0.25, 0.3) is 0 Å². The molecule has 0 unspecified atom stereocenters. The van der Waals surface area contributed by atoms with Crippen LogP contribution in [0.1, 0.15) is 16.4 Å². The van der Waals surface area contributed by atoms with Crippen LogP contribution in [0.5, 0.6) is 0 Å². The molecule has 0 radical (unpaired) electrons. The maximum absolute atomic E-state index is 5.96. The van der Waals surface area contributed by atoms with E-state index in [0.29, 0.717) is 17.0 Å². The van der Waals surface area contributed by atoms with Crippen molar-refractivity contribution in [3.05, 3.63) is 47.0 Å². The van der Waals surface area contributed by atoms with Gasteiger partial charge in [0.15, 0.2) is 5.13 Å². The van der Waals surface area contributed by atoms with Crippen LogP contribution in [0.2, 0.25) is 0 Å². The normalized spacial score (nSPS) is 23.2. The van der Waals surface area contributed by atoms with Gasteiger partial charge in [0.1, 0.15) is 0 Å². The van der Waals surface area contributed by atoms with Gasteiger partial charge in [-0.3, -0.25) is 4.90 Å². The molecule has 1 aliphatic rings. The zero-order valence-corrected chi connectivity index (χ0v) is 12.2. The van der Waals surface area contributed by atoms with E-state index in [-0.39, 0.29) is 0 Å². The van der Waals surface area contributed by atoms with Crippen LogP contribution in [0.25, 0.3) is 0 Å². The van der Waals surface area contributed by atoms with Gasteiger partial charge in [-0.05, 0) is 18.0 Å². The van der Waals surface area contributed by atoms with Gasteiger partial charge in [-0.25, -0.2) is 4.98 Å². The first kappa shape index (κ1) is 13.5. The standard InChI is InChI=1S/C15H20N4S/c16-6-12-8-19(9-13-7-18-15(17)20-13)10-14(12)11-4-2-1-3-5-11/h1-5,7,12,14H,6,8-10,16H2,(H2,17,18)/t12-,14+/m1/s1. The zero-order valence-electron chi connectivity index (χ0n) is 11.4. The monoisotopic (exact) mass is 288 g/mol.